The van der Waals surface area contributed by atoms with E-state index in [1.54, 1.807) is 6.07 Å². The Morgan fingerprint density at radius 3 is 2.12 bits per heavy atom. The number of nitrogens with two attached hydrogens (primary N) is 1. The van der Waals surface area contributed by atoms with Crippen molar-refractivity contribution in [3.8, 4) is 11.1 Å². The molecule has 17 heavy (non-hydrogen) atoms. The molecule has 0 amide bonds. The van der Waals surface area contributed by atoms with Crippen LogP contribution < -0.4 is 5.73 Å². The SMILES string of the molecule is Cc1cc(C)cc(-c2ccc(C=O)c(N)c2)c1. The number of hydrogen-bond donors (Lipinski definition) is 1. The Morgan fingerprint density at radius 2 is 1.59 bits per heavy atom. The van der Waals surface area contributed by atoms with Gasteiger partial charge in [0.05, 0.1) is 0 Å². The second-order valence-electron chi connectivity index (χ2n) is 4.34. The molecule has 0 saturated heterocycles. The van der Waals surface area contributed by atoms with E-state index in [2.05, 4.69) is 32.0 Å². The first-order valence-electron chi connectivity index (χ1n) is 5.53. The number of anilines is 1. The highest BCUT2D eigenvalue weighted by Crippen LogP contribution is 2.25. The van der Waals surface area contributed by atoms with Crippen molar-refractivity contribution in [2.75, 3.05) is 5.73 Å². The smallest absolute Gasteiger partial charge is 0.152 e. The zero-order chi connectivity index (χ0) is 12.4. The van der Waals surface area contributed by atoms with Gasteiger partial charge in [-0.3, -0.25) is 4.79 Å². The van der Waals surface area contributed by atoms with E-state index in [9.17, 15) is 4.79 Å². The molecular formula is C15H15NO. The third-order valence-corrected chi connectivity index (χ3v) is 2.77. The van der Waals surface area contributed by atoms with E-state index in [0.29, 0.717) is 11.3 Å². The zero-order valence-electron chi connectivity index (χ0n) is 10.0. The van der Waals surface area contributed by atoms with Gasteiger partial charge in [0.1, 0.15) is 0 Å². The van der Waals surface area contributed by atoms with E-state index in [1.165, 1.54) is 11.1 Å². The van der Waals surface area contributed by atoms with Gasteiger partial charge in [-0.05, 0) is 37.1 Å². The second kappa shape index (κ2) is 4.42. The molecule has 0 atom stereocenters. The largest absolute Gasteiger partial charge is 0.398 e. The number of carbonyl (C=O) groups is 1. The van der Waals surface area contributed by atoms with Crippen LogP contribution in [0.25, 0.3) is 11.1 Å². The summed E-state index contributed by atoms with van der Waals surface area (Å²) in [7, 11) is 0. The summed E-state index contributed by atoms with van der Waals surface area (Å²) in [6, 6.07) is 11.9. The van der Waals surface area contributed by atoms with Crippen molar-refractivity contribution >= 4 is 12.0 Å². The number of aldehydes is 1. The van der Waals surface area contributed by atoms with Crippen LogP contribution in [-0.4, -0.2) is 6.29 Å². The summed E-state index contributed by atoms with van der Waals surface area (Å²) in [6.45, 7) is 4.14. The minimum Gasteiger partial charge on any atom is -0.398 e. The maximum atomic E-state index is 10.7. The highest BCUT2D eigenvalue weighted by Gasteiger charge is 2.03. The van der Waals surface area contributed by atoms with Gasteiger partial charge in [-0.15, -0.1) is 0 Å². The topological polar surface area (TPSA) is 43.1 Å². The predicted molar refractivity (Wildman–Crippen MR) is 71.2 cm³/mol. The van der Waals surface area contributed by atoms with E-state index in [-0.39, 0.29) is 0 Å². The summed E-state index contributed by atoms with van der Waals surface area (Å²) in [5.41, 5.74) is 11.5. The first-order chi connectivity index (χ1) is 8.10. The van der Waals surface area contributed by atoms with Crippen LogP contribution in [0.3, 0.4) is 0 Å². The summed E-state index contributed by atoms with van der Waals surface area (Å²) < 4.78 is 0. The van der Waals surface area contributed by atoms with Gasteiger partial charge in [0.2, 0.25) is 0 Å². The fourth-order valence-electron chi connectivity index (χ4n) is 2.00. The molecule has 2 aromatic carbocycles. The van der Waals surface area contributed by atoms with Crippen LogP contribution in [0.15, 0.2) is 36.4 Å². The Balaban J connectivity index is 2.53. The van der Waals surface area contributed by atoms with Gasteiger partial charge in [-0.2, -0.15) is 0 Å². The maximum Gasteiger partial charge on any atom is 0.152 e. The minimum absolute atomic E-state index is 0.525. The summed E-state index contributed by atoms with van der Waals surface area (Å²) in [5, 5.41) is 0. The fraction of sp³-hybridized carbons (Fsp3) is 0.133. The Labute approximate surface area is 101 Å². The van der Waals surface area contributed by atoms with Crippen molar-refractivity contribution in [3.63, 3.8) is 0 Å². The molecule has 0 unspecified atom stereocenters. The molecule has 2 aromatic rings. The molecule has 0 saturated carbocycles. The number of carbonyl (C=O) groups excluding carboxylic acids is 1. The molecule has 0 bridgehead atoms. The normalized spacial score (nSPS) is 10.2. The second-order valence-corrected chi connectivity index (χ2v) is 4.34. The van der Waals surface area contributed by atoms with Gasteiger partial charge in [0, 0.05) is 11.3 Å². The van der Waals surface area contributed by atoms with Gasteiger partial charge in [0.15, 0.2) is 6.29 Å². The monoisotopic (exact) mass is 225 g/mol. The number of hydrogen-bond acceptors (Lipinski definition) is 2. The van der Waals surface area contributed by atoms with Crippen LogP contribution in [-0.2, 0) is 0 Å². The quantitative estimate of drug-likeness (QED) is 0.629. The molecule has 0 heterocycles. The molecular weight excluding hydrogens is 210 g/mol. The molecule has 86 valence electrons. The van der Waals surface area contributed by atoms with E-state index >= 15 is 0 Å². The third-order valence-electron chi connectivity index (χ3n) is 2.77. The highest BCUT2D eigenvalue weighted by atomic mass is 16.1. The Morgan fingerprint density at radius 1 is 0.941 bits per heavy atom. The van der Waals surface area contributed by atoms with Crippen LogP contribution >= 0.6 is 0 Å². The molecule has 0 aromatic heterocycles. The molecule has 0 spiro atoms. The summed E-state index contributed by atoms with van der Waals surface area (Å²) in [5.74, 6) is 0. The molecule has 2 nitrogen and oxygen atoms in total. The lowest BCUT2D eigenvalue weighted by molar-refractivity contribution is 0.112. The van der Waals surface area contributed by atoms with Crippen molar-refractivity contribution < 1.29 is 4.79 Å². The first-order valence-corrected chi connectivity index (χ1v) is 5.53. The Hall–Kier alpha value is -2.09. The predicted octanol–water partition coefficient (Wildman–Crippen LogP) is 3.37. The lowest BCUT2D eigenvalue weighted by Crippen LogP contribution is -1.93. The van der Waals surface area contributed by atoms with Crippen LogP contribution in [0.2, 0.25) is 0 Å². The Kier molecular flexibility index (Phi) is 2.96. The molecule has 2 rings (SSSR count). The van der Waals surface area contributed by atoms with E-state index in [1.807, 2.05) is 12.1 Å². The molecule has 0 aliphatic carbocycles. The molecule has 0 radical (unpaired) electrons. The average Bonchev–Trinajstić information content (AvgIpc) is 2.27. The van der Waals surface area contributed by atoms with Gasteiger partial charge >= 0.3 is 0 Å². The van der Waals surface area contributed by atoms with Crippen molar-refractivity contribution in [2.45, 2.75) is 13.8 Å². The average molecular weight is 225 g/mol. The van der Waals surface area contributed by atoms with Crippen molar-refractivity contribution in [2.24, 2.45) is 0 Å². The lowest BCUT2D eigenvalue weighted by Gasteiger charge is -2.07. The maximum absolute atomic E-state index is 10.7. The molecule has 2 N–H and O–H groups in total. The van der Waals surface area contributed by atoms with Gasteiger partial charge < -0.3 is 5.73 Å². The summed E-state index contributed by atoms with van der Waals surface area (Å²) in [6.07, 6.45) is 0.778. The van der Waals surface area contributed by atoms with Gasteiger partial charge in [-0.25, -0.2) is 0 Å². The Bertz CT molecular complexity index is 553. The molecule has 0 aliphatic rings. The van der Waals surface area contributed by atoms with Crippen LogP contribution in [0.4, 0.5) is 5.69 Å². The van der Waals surface area contributed by atoms with E-state index < -0.39 is 0 Å². The lowest BCUT2D eigenvalue weighted by atomic mass is 9.99. The van der Waals surface area contributed by atoms with Crippen molar-refractivity contribution in [1.82, 2.24) is 0 Å². The van der Waals surface area contributed by atoms with Crippen molar-refractivity contribution in [3.05, 3.63) is 53.1 Å². The molecule has 0 aliphatic heterocycles. The number of benzene rings is 2. The van der Waals surface area contributed by atoms with Gasteiger partial charge in [-0.1, -0.05) is 35.4 Å². The zero-order valence-corrected chi connectivity index (χ0v) is 10.0. The van der Waals surface area contributed by atoms with Crippen molar-refractivity contribution in [1.29, 1.82) is 0 Å². The minimum atomic E-state index is 0.525. The first kappa shape index (κ1) is 11.4. The molecule has 2 heteroatoms. The number of nitrogen functional groups attached to an aromatic ring is 1. The fourth-order valence-corrected chi connectivity index (χ4v) is 2.00. The van der Waals surface area contributed by atoms with Crippen LogP contribution in [0, 0.1) is 13.8 Å². The highest BCUT2D eigenvalue weighted by molar-refractivity contribution is 5.85. The number of rotatable bonds is 2. The standard InChI is InChI=1S/C15H15NO/c1-10-5-11(2)7-14(6-10)12-3-4-13(9-17)15(16)8-12/h3-9H,16H2,1-2H3. The van der Waals surface area contributed by atoms with Crippen LogP contribution in [0.1, 0.15) is 21.5 Å². The van der Waals surface area contributed by atoms with E-state index in [0.717, 1.165) is 17.4 Å². The molecule has 0 fully saturated rings. The summed E-state index contributed by atoms with van der Waals surface area (Å²) >= 11 is 0. The summed E-state index contributed by atoms with van der Waals surface area (Å²) in [4.78, 5) is 10.7. The third kappa shape index (κ3) is 2.36. The van der Waals surface area contributed by atoms with Gasteiger partial charge in [0.25, 0.3) is 0 Å². The van der Waals surface area contributed by atoms with Crippen LogP contribution in [0.5, 0.6) is 0 Å². The van der Waals surface area contributed by atoms with E-state index in [4.69, 9.17) is 5.73 Å². The number of aryl methyl sites for hydroxylation is 2.